The molecule has 1 N–H and O–H groups in total. The van der Waals surface area contributed by atoms with Gasteiger partial charge < -0.3 is 10.2 Å². The first-order chi connectivity index (χ1) is 11.1. The Balaban J connectivity index is 1.81. The van der Waals surface area contributed by atoms with Gasteiger partial charge in [-0.15, -0.1) is 11.3 Å². The number of rotatable bonds is 3. The van der Waals surface area contributed by atoms with Gasteiger partial charge in [-0.2, -0.15) is 0 Å². The molecule has 0 bridgehead atoms. The molecule has 0 aliphatic carbocycles. The summed E-state index contributed by atoms with van der Waals surface area (Å²) in [6, 6.07) is 2.48. The van der Waals surface area contributed by atoms with Crippen molar-refractivity contribution in [3.05, 3.63) is 47.0 Å². The lowest BCUT2D eigenvalue weighted by molar-refractivity contribution is -0.119. The third kappa shape index (κ3) is 3.07. The van der Waals surface area contributed by atoms with Crippen LogP contribution in [0.2, 0.25) is 0 Å². The predicted molar refractivity (Wildman–Crippen MR) is 81.2 cm³/mol. The molecule has 1 aromatic heterocycles. The maximum Gasteiger partial charge on any atom is 0.260 e. The SMILES string of the molecule is O=C(Nc1nccs1)C1CCCN1C(=O)c1c(F)cccc1F. The number of nitrogens with zero attached hydrogens (tertiary/aromatic N) is 2. The Morgan fingerprint density at radius 1 is 1.30 bits per heavy atom. The monoisotopic (exact) mass is 337 g/mol. The van der Waals surface area contributed by atoms with Crippen molar-refractivity contribution in [2.45, 2.75) is 18.9 Å². The van der Waals surface area contributed by atoms with Crippen LogP contribution in [-0.4, -0.2) is 34.3 Å². The molecule has 1 atom stereocenters. The van der Waals surface area contributed by atoms with Gasteiger partial charge in [-0.3, -0.25) is 9.59 Å². The Hall–Kier alpha value is -2.35. The molecular weight excluding hydrogens is 324 g/mol. The summed E-state index contributed by atoms with van der Waals surface area (Å²) in [5.41, 5.74) is -0.624. The summed E-state index contributed by atoms with van der Waals surface area (Å²) in [4.78, 5) is 29.9. The average molecular weight is 337 g/mol. The molecule has 0 spiro atoms. The standard InChI is InChI=1S/C15H13F2N3O2S/c16-9-3-1-4-10(17)12(9)14(22)20-7-2-5-11(20)13(21)19-15-18-6-8-23-15/h1,3-4,6,8,11H,2,5,7H2,(H,18,19,21). The van der Waals surface area contributed by atoms with E-state index in [1.807, 2.05) is 0 Å². The maximum absolute atomic E-state index is 13.8. The summed E-state index contributed by atoms with van der Waals surface area (Å²) < 4.78 is 27.6. The fraction of sp³-hybridized carbons (Fsp3) is 0.267. The highest BCUT2D eigenvalue weighted by molar-refractivity contribution is 7.13. The van der Waals surface area contributed by atoms with Gasteiger partial charge in [0.2, 0.25) is 5.91 Å². The van der Waals surface area contributed by atoms with Gasteiger partial charge in [0, 0.05) is 18.1 Å². The van der Waals surface area contributed by atoms with Crippen molar-refractivity contribution in [1.29, 1.82) is 0 Å². The number of anilines is 1. The summed E-state index contributed by atoms with van der Waals surface area (Å²) in [6.07, 6.45) is 2.59. The van der Waals surface area contributed by atoms with Crippen LogP contribution in [0.15, 0.2) is 29.8 Å². The zero-order valence-corrected chi connectivity index (χ0v) is 12.8. The molecule has 2 heterocycles. The van der Waals surface area contributed by atoms with Gasteiger partial charge in [-0.1, -0.05) is 6.07 Å². The van der Waals surface area contributed by atoms with Crippen molar-refractivity contribution in [3.8, 4) is 0 Å². The number of hydrogen-bond acceptors (Lipinski definition) is 4. The van der Waals surface area contributed by atoms with E-state index >= 15 is 0 Å². The zero-order valence-electron chi connectivity index (χ0n) is 12.0. The molecule has 2 aromatic rings. The van der Waals surface area contributed by atoms with E-state index in [1.165, 1.54) is 22.3 Å². The molecular formula is C15H13F2N3O2S. The Morgan fingerprint density at radius 3 is 2.70 bits per heavy atom. The Morgan fingerprint density at radius 2 is 2.04 bits per heavy atom. The van der Waals surface area contributed by atoms with Gasteiger partial charge >= 0.3 is 0 Å². The summed E-state index contributed by atoms with van der Waals surface area (Å²) in [5.74, 6) is -3.07. The number of nitrogens with one attached hydrogen (secondary N) is 1. The molecule has 1 unspecified atom stereocenters. The second-order valence-electron chi connectivity index (χ2n) is 5.08. The van der Waals surface area contributed by atoms with Crippen molar-refractivity contribution in [3.63, 3.8) is 0 Å². The van der Waals surface area contributed by atoms with Crippen LogP contribution < -0.4 is 5.32 Å². The largest absolute Gasteiger partial charge is 0.326 e. The fourth-order valence-electron chi connectivity index (χ4n) is 2.60. The van der Waals surface area contributed by atoms with Crippen LogP contribution in [0.1, 0.15) is 23.2 Å². The van der Waals surface area contributed by atoms with Crippen molar-refractivity contribution >= 4 is 28.3 Å². The third-order valence-corrected chi connectivity index (χ3v) is 4.34. The minimum absolute atomic E-state index is 0.280. The highest BCUT2D eigenvalue weighted by atomic mass is 32.1. The number of carbonyl (C=O) groups is 2. The van der Waals surface area contributed by atoms with E-state index in [0.717, 1.165) is 12.1 Å². The smallest absolute Gasteiger partial charge is 0.260 e. The number of thiazole rings is 1. The quantitative estimate of drug-likeness (QED) is 0.937. The minimum Gasteiger partial charge on any atom is -0.326 e. The second kappa shape index (κ2) is 6.41. The molecule has 5 nitrogen and oxygen atoms in total. The molecule has 1 saturated heterocycles. The first-order valence-corrected chi connectivity index (χ1v) is 7.91. The van der Waals surface area contributed by atoms with Crippen LogP contribution >= 0.6 is 11.3 Å². The van der Waals surface area contributed by atoms with E-state index in [2.05, 4.69) is 10.3 Å². The molecule has 23 heavy (non-hydrogen) atoms. The van der Waals surface area contributed by atoms with Crippen LogP contribution in [-0.2, 0) is 4.79 Å². The van der Waals surface area contributed by atoms with Crippen LogP contribution in [0.4, 0.5) is 13.9 Å². The first-order valence-electron chi connectivity index (χ1n) is 7.03. The summed E-state index contributed by atoms with van der Waals surface area (Å²) in [5, 5.41) is 4.75. The average Bonchev–Trinajstić information content (AvgIpc) is 3.17. The molecule has 1 aromatic carbocycles. The number of likely N-dealkylation sites (tertiary alicyclic amines) is 1. The molecule has 1 fully saturated rings. The van der Waals surface area contributed by atoms with Crippen LogP contribution in [0.25, 0.3) is 0 Å². The zero-order chi connectivity index (χ0) is 16.4. The molecule has 2 amide bonds. The van der Waals surface area contributed by atoms with E-state index in [9.17, 15) is 18.4 Å². The lowest BCUT2D eigenvalue weighted by Gasteiger charge is -2.24. The molecule has 0 radical (unpaired) electrons. The molecule has 3 rings (SSSR count). The van der Waals surface area contributed by atoms with E-state index in [-0.39, 0.29) is 6.54 Å². The Bertz CT molecular complexity index is 716. The van der Waals surface area contributed by atoms with Gasteiger partial charge in [0.05, 0.1) is 0 Å². The highest BCUT2D eigenvalue weighted by Crippen LogP contribution is 2.24. The number of hydrogen-bond donors (Lipinski definition) is 1. The van der Waals surface area contributed by atoms with Gasteiger partial charge in [0.15, 0.2) is 5.13 Å². The van der Waals surface area contributed by atoms with Crippen LogP contribution in [0.5, 0.6) is 0 Å². The van der Waals surface area contributed by atoms with E-state index in [0.29, 0.717) is 18.0 Å². The number of benzene rings is 1. The first kappa shape index (κ1) is 15.5. The number of amides is 2. The molecule has 0 saturated carbocycles. The number of aromatic nitrogens is 1. The van der Waals surface area contributed by atoms with Gasteiger partial charge in [0.25, 0.3) is 5.91 Å². The van der Waals surface area contributed by atoms with Crippen molar-refractivity contribution in [2.75, 3.05) is 11.9 Å². The Kier molecular flexibility index (Phi) is 4.33. The normalized spacial score (nSPS) is 17.3. The topological polar surface area (TPSA) is 62.3 Å². The lowest BCUT2D eigenvalue weighted by Crippen LogP contribution is -2.43. The fourth-order valence-corrected chi connectivity index (χ4v) is 3.13. The molecule has 120 valence electrons. The van der Waals surface area contributed by atoms with Crippen molar-refractivity contribution in [2.24, 2.45) is 0 Å². The van der Waals surface area contributed by atoms with Crippen LogP contribution in [0.3, 0.4) is 0 Å². The third-order valence-electron chi connectivity index (χ3n) is 3.66. The predicted octanol–water partition coefficient (Wildman–Crippen LogP) is 2.66. The minimum atomic E-state index is -0.930. The summed E-state index contributed by atoms with van der Waals surface area (Å²) in [7, 11) is 0. The van der Waals surface area contributed by atoms with E-state index in [4.69, 9.17) is 0 Å². The molecule has 8 heteroatoms. The highest BCUT2D eigenvalue weighted by Gasteiger charge is 2.36. The van der Waals surface area contributed by atoms with Gasteiger partial charge in [-0.05, 0) is 25.0 Å². The number of halogens is 2. The molecule has 1 aliphatic rings. The Labute approximate surface area is 134 Å². The number of carbonyl (C=O) groups excluding carboxylic acids is 2. The van der Waals surface area contributed by atoms with Gasteiger partial charge in [0.1, 0.15) is 23.2 Å². The van der Waals surface area contributed by atoms with Crippen LogP contribution in [0, 0.1) is 11.6 Å². The molecule has 1 aliphatic heterocycles. The van der Waals surface area contributed by atoms with E-state index in [1.54, 1.807) is 11.6 Å². The second-order valence-corrected chi connectivity index (χ2v) is 5.97. The van der Waals surface area contributed by atoms with Crippen molar-refractivity contribution in [1.82, 2.24) is 9.88 Å². The van der Waals surface area contributed by atoms with Crippen molar-refractivity contribution < 1.29 is 18.4 Å². The summed E-state index contributed by atoms with van der Waals surface area (Å²) in [6.45, 7) is 0.280. The maximum atomic E-state index is 13.8. The van der Waals surface area contributed by atoms with E-state index < -0.39 is 35.1 Å². The lowest BCUT2D eigenvalue weighted by atomic mass is 10.1. The summed E-state index contributed by atoms with van der Waals surface area (Å²) >= 11 is 1.25. The van der Waals surface area contributed by atoms with Gasteiger partial charge in [-0.25, -0.2) is 13.8 Å².